The standard InChI is InChI=1S/C8H10AsNO5.C2H3N3O2S2/c1-6(11)10-8-4-2-3-7(5-8)9(12,13)15-14;3-9(6,7)2-5-4-1-8-2/h2-5,14H,1H3,(H,10,11)(H,12,13);1H,(H2,3,6,7). The number of amides is 1. The number of anilines is 1. The Morgan fingerprint density at radius 1 is 1.46 bits per heavy atom. The topological polar surface area (TPSA) is 182 Å². The summed E-state index contributed by atoms with van der Waals surface area (Å²) in [5, 5.41) is 21.9. The van der Waals surface area contributed by atoms with Gasteiger partial charge in [-0.2, -0.15) is 0 Å². The molecule has 2 aromatic rings. The zero-order valence-electron chi connectivity index (χ0n) is 12.1. The first-order chi connectivity index (χ1) is 11.1. The number of carbonyl (C=O) groups excluding carboxylic acids is 1. The van der Waals surface area contributed by atoms with Crippen LogP contribution in [0.5, 0.6) is 0 Å². The normalized spacial score (nSPS) is 13.3. The van der Waals surface area contributed by atoms with E-state index < -0.39 is 24.2 Å². The zero-order valence-corrected chi connectivity index (χ0v) is 15.6. The number of benzene rings is 1. The van der Waals surface area contributed by atoms with Gasteiger partial charge in [0.15, 0.2) is 0 Å². The van der Waals surface area contributed by atoms with Crippen LogP contribution in [-0.2, 0) is 22.4 Å². The summed E-state index contributed by atoms with van der Waals surface area (Å²) >= 11 is -3.93. The molecule has 1 unspecified atom stereocenters. The van der Waals surface area contributed by atoms with Gasteiger partial charge in [-0.3, -0.25) is 0 Å². The Bertz CT molecular complexity index is 841. The molecule has 1 atom stereocenters. The number of hydrogen-bond donors (Lipinski definition) is 4. The van der Waals surface area contributed by atoms with Crippen molar-refractivity contribution in [1.29, 1.82) is 0 Å². The van der Waals surface area contributed by atoms with Crippen LogP contribution < -0.4 is 14.8 Å². The van der Waals surface area contributed by atoms with E-state index >= 15 is 0 Å². The number of aromatic nitrogens is 2. The monoisotopic (exact) mass is 440 g/mol. The van der Waals surface area contributed by atoms with Gasteiger partial charge in [-0.05, 0) is 0 Å². The van der Waals surface area contributed by atoms with E-state index in [1.807, 2.05) is 0 Å². The van der Waals surface area contributed by atoms with Crippen LogP contribution in [0, 0.1) is 0 Å². The van der Waals surface area contributed by atoms with Crippen molar-refractivity contribution in [2.75, 3.05) is 5.32 Å². The van der Waals surface area contributed by atoms with Gasteiger partial charge in [-0.1, -0.05) is 11.3 Å². The molecule has 1 heterocycles. The van der Waals surface area contributed by atoms with Crippen LogP contribution in [0.15, 0.2) is 34.1 Å². The molecule has 0 fully saturated rings. The summed E-state index contributed by atoms with van der Waals surface area (Å²) in [6.45, 7) is 1.32. The molecule has 1 amide bonds. The van der Waals surface area contributed by atoms with Gasteiger partial charge in [0.05, 0.1) is 0 Å². The maximum absolute atomic E-state index is 11.3. The van der Waals surface area contributed by atoms with Gasteiger partial charge in [0, 0.05) is 0 Å². The Kier molecular flexibility index (Phi) is 7.23. The molecule has 11 nitrogen and oxygen atoms in total. The minimum absolute atomic E-state index is 0.0399. The minimum atomic E-state index is -4.83. The second kappa shape index (κ2) is 8.48. The molecule has 1 aromatic heterocycles. The van der Waals surface area contributed by atoms with E-state index in [1.165, 1.54) is 30.6 Å². The van der Waals surface area contributed by atoms with Crippen molar-refractivity contribution in [2.24, 2.45) is 5.14 Å². The zero-order chi connectivity index (χ0) is 18.4. The first kappa shape index (κ1) is 20.4. The SMILES string of the molecule is CC(=O)Nc1cccc([As](=O)(O)OO)c1.NS(=O)(=O)c1nncs1. The number of carbonyl (C=O) groups is 1. The average molecular weight is 440 g/mol. The number of primary sulfonamides is 1. The maximum atomic E-state index is 11.3. The van der Waals surface area contributed by atoms with E-state index in [1.54, 1.807) is 6.07 Å². The molecule has 0 radical (unpaired) electrons. The molecular weight excluding hydrogens is 427 g/mol. The number of nitrogens with zero attached hydrogens (tertiary/aromatic N) is 2. The fourth-order valence-corrected chi connectivity index (χ4v) is 3.81. The quantitative estimate of drug-likeness (QED) is 0.260. The van der Waals surface area contributed by atoms with Gasteiger partial charge in [0.25, 0.3) is 10.0 Å². The van der Waals surface area contributed by atoms with E-state index in [2.05, 4.69) is 24.5 Å². The fraction of sp³-hybridized carbons (Fsp3) is 0.100. The van der Waals surface area contributed by atoms with E-state index in [9.17, 15) is 21.0 Å². The molecule has 0 aliphatic carbocycles. The Balaban J connectivity index is 0.000000272. The van der Waals surface area contributed by atoms with Crippen LogP contribution in [0.25, 0.3) is 0 Å². The van der Waals surface area contributed by atoms with Gasteiger partial charge in [-0.25, -0.2) is 13.6 Å². The predicted molar refractivity (Wildman–Crippen MR) is 84.0 cm³/mol. The van der Waals surface area contributed by atoms with Crippen LogP contribution in [0.4, 0.5) is 5.69 Å². The molecule has 0 spiro atoms. The molecule has 5 N–H and O–H groups in total. The molecule has 14 heteroatoms. The predicted octanol–water partition coefficient (Wildman–Crippen LogP) is -1.11. The van der Waals surface area contributed by atoms with E-state index in [4.69, 9.17) is 5.26 Å². The van der Waals surface area contributed by atoms with Crippen molar-refractivity contribution >= 4 is 51.5 Å². The van der Waals surface area contributed by atoms with Crippen molar-refractivity contribution in [3.8, 4) is 0 Å². The Hall–Kier alpha value is -1.60. The third kappa shape index (κ3) is 6.49. The first-order valence-electron chi connectivity index (χ1n) is 5.89. The summed E-state index contributed by atoms with van der Waals surface area (Å²) in [5.41, 5.74) is 1.67. The first-order valence-corrected chi connectivity index (χ1v) is 11.6. The summed E-state index contributed by atoms with van der Waals surface area (Å²) < 4.78 is 44.5. The Morgan fingerprint density at radius 2 is 2.12 bits per heavy atom. The number of rotatable bonds is 4. The second-order valence-corrected chi connectivity index (χ2v) is 10.3. The van der Waals surface area contributed by atoms with Crippen molar-refractivity contribution < 1.29 is 30.2 Å². The number of sulfonamides is 1. The molecule has 132 valence electrons. The van der Waals surface area contributed by atoms with Crippen LogP contribution in [0.2, 0.25) is 0 Å². The largest absolute Gasteiger partial charge is 0.267 e. The van der Waals surface area contributed by atoms with Crippen LogP contribution in [0.1, 0.15) is 6.92 Å². The summed E-state index contributed by atoms with van der Waals surface area (Å²) in [6, 6.07) is 5.64. The molecule has 1 aromatic carbocycles. The number of hydrogen-bond acceptors (Lipinski definition) is 9. The average Bonchev–Trinajstić information content (AvgIpc) is 3.02. The van der Waals surface area contributed by atoms with Gasteiger partial charge in [0.2, 0.25) is 4.34 Å². The third-order valence-corrected chi connectivity index (χ3v) is 6.64. The molecular formula is C10H13AsN4O7S2. The smallest absolute Gasteiger partial charge is 0.223 e. The Morgan fingerprint density at radius 3 is 2.54 bits per heavy atom. The molecule has 0 saturated heterocycles. The van der Waals surface area contributed by atoms with E-state index in [0.29, 0.717) is 5.69 Å². The molecule has 0 aliphatic rings. The van der Waals surface area contributed by atoms with Crippen molar-refractivity contribution in [1.82, 2.24) is 10.2 Å². The van der Waals surface area contributed by atoms with Gasteiger partial charge >= 0.3 is 88.4 Å². The van der Waals surface area contributed by atoms with Crippen molar-refractivity contribution in [2.45, 2.75) is 11.3 Å². The number of nitrogens with one attached hydrogen (secondary N) is 1. The summed E-state index contributed by atoms with van der Waals surface area (Å²) in [5.74, 6) is -0.294. The Labute approximate surface area is 143 Å². The van der Waals surface area contributed by atoms with Gasteiger partial charge in [0.1, 0.15) is 5.51 Å². The van der Waals surface area contributed by atoms with Crippen LogP contribution in [-0.4, -0.2) is 48.0 Å². The minimum Gasteiger partial charge on any atom is -0.223 e. The summed E-state index contributed by atoms with van der Waals surface area (Å²) in [6.07, 6.45) is 0. The van der Waals surface area contributed by atoms with E-state index in [-0.39, 0.29) is 14.6 Å². The van der Waals surface area contributed by atoms with Crippen LogP contribution in [0.3, 0.4) is 0 Å². The summed E-state index contributed by atoms with van der Waals surface area (Å²) in [7, 11) is -3.61. The molecule has 2 rings (SSSR count). The molecule has 0 saturated carbocycles. The second-order valence-electron chi connectivity index (χ2n) is 4.08. The maximum Gasteiger partial charge on any atom is 0.267 e. The van der Waals surface area contributed by atoms with Gasteiger partial charge < -0.3 is 0 Å². The van der Waals surface area contributed by atoms with Crippen LogP contribution >= 0.6 is 11.3 Å². The van der Waals surface area contributed by atoms with E-state index in [0.717, 1.165) is 11.3 Å². The van der Waals surface area contributed by atoms with Crippen molar-refractivity contribution in [3.05, 3.63) is 29.8 Å². The van der Waals surface area contributed by atoms with Gasteiger partial charge in [-0.15, -0.1) is 10.2 Å². The fourth-order valence-electron chi connectivity index (χ4n) is 1.30. The summed E-state index contributed by atoms with van der Waals surface area (Å²) in [4.78, 5) is 10.7. The molecule has 24 heavy (non-hydrogen) atoms. The number of nitrogens with two attached hydrogens (primary N) is 1. The van der Waals surface area contributed by atoms with Crippen molar-refractivity contribution in [3.63, 3.8) is 0 Å². The molecule has 0 aliphatic heterocycles. The third-order valence-electron chi connectivity index (χ3n) is 2.19. The molecule has 0 bridgehead atoms.